The minimum absolute atomic E-state index is 0.00602. The van der Waals surface area contributed by atoms with E-state index in [0.29, 0.717) is 12.1 Å². The predicted octanol–water partition coefficient (Wildman–Crippen LogP) is 4.84. The monoisotopic (exact) mass is 606 g/mol. The maximum absolute atomic E-state index is 13.0. The van der Waals surface area contributed by atoms with Gasteiger partial charge in [0.2, 0.25) is 11.8 Å². The number of carbonyl (C=O) groups is 2. The van der Waals surface area contributed by atoms with Crippen LogP contribution in [0.2, 0.25) is 0 Å². The number of benzene rings is 3. The number of nitrogens with one attached hydrogen (secondary N) is 4. The Kier molecular flexibility index (Phi) is 8.29. The molecule has 9 heteroatoms. The summed E-state index contributed by atoms with van der Waals surface area (Å²) >= 11 is 0. The summed E-state index contributed by atoms with van der Waals surface area (Å²) in [6, 6.07) is 25.7. The van der Waals surface area contributed by atoms with Gasteiger partial charge >= 0.3 is 5.69 Å². The van der Waals surface area contributed by atoms with E-state index < -0.39 is 0 Å². The van der Waals surface area contributed by atoms with Crippen LogP contribution in [0.3, 0.4) is 0 Å². The number of piperidine rings is 3. The van der Waals surface area contributed by atoms with Crippen molar-refractivity contribution >= 4 is 28.5 Å². The van der Waals surface area contributed by atoms with Crippen LogP contribution in [-0.4, -0.2) is 51.9 Å². The Morgan fingerprint density at radius 1 is 0.911 bits per heavy atom. The van der Waals surface area contributed by atoms with Crippen molar-refractivity contribution in [3.8, 4) is 0 Å². The summed E-state index contributed by atoms with van der Waals surface area (Å²) < 4.78 is 1.88. The minimum atomic E-state index is -0.0942. The van der Waals surface area contributed by atoms with Crippen molar-refractivity contribution in [3.05, 3.63) is 100.0 Å². The molecule has 3 saturated heterocycles. The van der Waals surface area contributed by atoms with Gasteiger partial charge in [0.15, 0.2) is 0 Å². The van der Waals surface area contributed by atoms with Crippen molar-refractivity contribution in [1.29, 1.82) is 0 Å². The van der Waals surface area contributed by atoms with Crippen LogP contribution in [0.1, 0.15) is 73.7 Å². The lowest BCUT2D eigenvalue weighted by molar-refractivity contribution is -0.129. The number of hydrogen-bond donors (Lipinski definition) is 4. The molecule has 4 atom stereocenters. The number of amides is 2. The van der Waals surface area contributed by atoms with Crippen LogP contribution >= 0.6 is 0 Å². The molecule has 9 nitrogen and oxygen atoms in total. The first-order valence-electron chi connectivity index (χ1n) is 16.4. The lowest BCUT2D eigenvalue weighted by atomic mass is 9.72. The molecule has 0 aliphatic carbocycles. The van der Waals surface area contributed by atoms with Gasteiger partial charge in [-0.05, 0) is 60.6 Å². The number of likely N-dealkylation sites (tertiary alicyclic amines) is 1. The average Bonchev–Trinajstić information content (AvgIpc) is 3.40. The van der Waals surface area contributed by atoms with Crippen molar-refractivity contribution in [3.63, 3.8) is 0 Å². The summed E-state index contributed by atoms with van der Waals surface area (Å²) in [5, 5.41) is 9.86. The van der Waals surface area contributed by atoms with E-state index in [-0.39, 0.29) is 47.5 Å². The molecule has 45 heavy (non-hydrogen) atoms. The van der Waals surface area contributed by atoms with E-state index in [4.69, 9.17) is 0 Å². The largest absolute Gasteiger partial charge is 0.356 e. The molecule has 3 aliphatic heterocycles. The molecule has 3 aromatic carbocycles. The van der Waals surface area contributed by atoms with Gasteiger partial charge in [-0.25, -0.2) is 4.79 Å². The van der Waals surface area contributed by atoms with Gasteiger partial charge in [-0.1, -0.05) is 61.5 Å². The van der Waals surface area contributed by atoms with E-state index in [1.165, 1.54) is 16.7 Å². The second-order valence-corrected chi connectivity index (χ2v) is 12.9. The summed E-state index contributed by atoms with van der Waals surface area (Å²) in [5.74, 6) is 0.370. The fraction of sp³-hybridized carbons (Fsp3) is 0.417. The number of carbonyl (C=O) groups excluding carboxylic acids is 2. The van der Waals surface area contributed by atoms with Gasteiger partial charge < -0.3 is 20.9 Å². The Morgan fingerprint density at radius 3 is 2.44 bits per heavy atom. The molecule has 7 rings (SSSR count). The van der Waals surface area contributed by atoms with Crippen molar-refractivity contribution in [1.82, 2.24) is 25.1 Å². The Hall–Kier alpha value is -4.21. The maximum atomic E-state index is 13.0. The molecule has 0 radical (unpaired) electrons. The lowest BCUT2D eigenvalue weighted by Gasteiger charge is -2.44. The first kappa shape index (κ1) is 29.5. The molecule has 234 valence electrons. The standard InChI is InChI=1S/C36H42N6O3/c1-2-33(43)38-26-12-13-31-32(20-26)42(36(45)40-31)27-15-18-41(19-16-27)22-23-8-10-25(11-9-23)34-28(24-6-4-3-5-7-24)21-29-30(39-34)14-17-37-35(29)44/h3-13,20,27-30,34,39H,2,14-19,21-22H2,1H3,(H,37,44)(H,38,43)(H,40,45). The van der Waals surface area contributed by atoms with Crippen molar-refractivity contribution < 1.29 is 9.59 Å². The highest BCUT2D eigenvalue weighted by atomic mass is 16.2. The third-order valence-corrected chi connectivity index (χ3v) is 10.1. The Labute approximate surface area is 263 Å². The molecular weight excluding hydrogens is 564 g/mol. The van der Waals surface area contributed by atoms with E-state index in [0.717, 1.165) is 62.9 Å². The zero-order valence-electron chi connectivity index (χ0n) is 25.8. The van der Waals surface area contributed by atoms with Crippen LogP contribution < -0.4 is 21.6 Å². The van der Waals surface area contributed by atoms with E-state index in [9.17, 15) is 14.4 Å². The number of nitrogens with zero attached hydrogens (tertiary/aromatic N) is 2. The quantitative estimate of drug-likeness (QED) is 0.241. The molecule has 0 saturated carbocycles. The zero-order chi connectivity index (χ0) is 30.9. The third-order valence-electron chi connectivity index (χ3n) is 10.1. The highest BCUT2D eigenvalue weighted by Crippen LogP contribution is 2.43. The lowest BCUT2D eigenvalue weighted by Crippen LogP contribution is -2.56. The molecule has 3 aliphatic rings. The number of hydrogen-bond acceptors (Lipinski definition) is 5. The highest BCUT2D eigenvalue weighted by Gasteiger charge is 2.42. The van der Waals surface area contributed by atoms with Gasteiger partial charge in [-0.15, -0.1) is 0 Å². The van der Waals surface area contributed by atoms with Crippen LogP contribution in [0.4, 0.5) is 5.69 Å². The SMILES string of the molecule is CCC(=O)Nc1ccc2[nH]c(=O)n(C3CCN(Cc4ccc(C5NC6CCNC(=O)C6CC5c5ccccc5)cc4)CC3)c2c1. The number of H-pyrrole nitrogens is 1. The van der Waals surface area contributed by atoms with E-state index >= 15 is 0 Å². The molecule has 0 spiro atoms. The molecule has 2 amide bonds. The zero-order valence-corrected chi connectivity index (χ0v) is 25.8. The second-order valence-electron chi connectivity index (χ2n) is 12.9. The number of fused-ring (bicyclic) bond motifs is 2. The number of aromatic amines is 1. The predicted molar refractivity (Wildman–Crippen MR) is 176 cm³/mol. The van der Waals surface area contributed by atoms with Crippen LogP contribution in [0.5, 0.6) is 0 Å². The Bertz CT molecular complexity index is 1720. The van der Waals surface area contributed by atoms with E-state index in [2.05, 4.69) is 74.4 Å². The van der Waals surface area contributed by atoms with Gasteiger partial charge in [0.05, 0.1) is 17.0 Å². The van der Waals surface area contributed by atoms with Gasteiger partial charge in [0.1, 0.15) is 0 Å². The Morgan fingerprint density at radius 2 is 1.69 bits per heavy atom. The summed E-state index contributed by atoms with van der Waals surface area (Å²) in [7, 11) is 0. The van der Waals surface area contributed by atoms with Gasteiger partial charge in [-0.2, -0.15) is 0 Å². The van der Waals surface area contributed by atoms with Gasteiger partial charge in [-0.3, -0.25) is 19.1 Å². The number of aromatic nitrogens is 2. The number of rotatable bonds is 7. The molecule has 4 unspecified atom stereocenters. The fourth-order valence-corrected chi connectivity index (χ4v) is 7.69. The molecule has 3 fully saturated rings. The van der Waals surface area contributed by atoms with Crippen LogP contribution in [0, 0.1) is 5.92 Å². The first-order valence-corrected chi connectivity index (χ1v) is 16.4. The van der Waals surface area contributed by atoms with Crippen LogP contribution in [-0.2, 0) is 16.1 Å². The normalized spacial score (nSPS) is 24.2. The number of imidazole rings is 1. The van der Waals surface area contributed by atoms with Crippen molar-refractivity contribution in [2.24, 2.45) is 5.92 Å². The van der Waals surface area contributed by atoms with E-state index in [1.807, 2.05) is 35.8 Å². The van der Waals surface area contributed by atoms with Crippen LogP contribution in [0.25, 0.3) is 11.0 Å². The fourth-order valence-electron chi connectivity index (χ4n) is 7.69. The molecule has 1 aromatic heterocycles. The average molecular weight is 607 g/mol. The summed E-state index contributed by atoms with van der Waals surface area (Å²) in [6.07, 6.45) is 3.99. The molecule has 4 N–H and O–H groups in total. The van der Waals surface area contributed by atoms with Crippen LogP contribution in [0.15, 0.2) is 77.6 Å². The molecule has 4 heterocycles. The van der Waals surface area contributed by atoms with Gasteiger partial charge in [0, 0.05) is 62.3 Å². The summed E-state index contributed by atoms with van der Waals surface area (Å²) in [4.78, 5) is 43.0. The summed E-state index contributed by atoms with van der Waals surface area (Å²) in [5.41, 5.74) is 6.07. The van der Waals surface area contributed by atoms with Crippen molar-refractivity contribution in [2.75, 3.05) is 25.0 Å². The maximum Gasteiger partial charge on any atom is 0.326 e. The topological polar surface area (TPSA) is 111 Å². The molecular formula is C36H42N6O3. The third kappa shape index (κ3) is 6.07. The minimum Gasteiger partial charge on any atom is -0.356 e. The smallest absolute Gasteiger partial charge is 0.326 e. The first-order chi connectivity index (χ1) is 22.0. The molecule has 0 bridgehead atoms. The molecule has 4 aromatic rings. The van der Waals surface area contributed by atoms with Gasteiger partial charge in [0.25, 0.3) is 0 Å². The summed E-state index contributed by atoms with van der Waals surface area (Å²) in [6.45, 7) is 5.24. The second kappa shape index (κ2) is 12.7. The van der Waals surface area contributed by atoms with Crippen molar-refractivity contribution in [2.45, 2.75) is 69.6 Å². The highest BCUT2D eigenvalue weighted by molar-refractivity contribution is 5.92. The van der Waals surface area contributed by atoms with E-state index in [1.54, 1.807) is 0 Å². The number of anilines is 1. The Balaban J connectivity index is 1.02.